The number of rotatable bonds is 4. The van der Waals surface area contributed by atoms with Gasteiger partial charge in [0, 0.05) is 25.0 Å². The van der Waals surface area contributed by atoms with E-state index < -0.39 is 0 Å². The highest BCUT2D eigenvalue weighted by atomic mass is 32.1. The van der Waals surface area contributed by atoms with Crippen molar-refractivity contribution in [1.29, 1.82) is 0 Å². The molecule has 4 aromatic rings. The van der Waals surface area contributed by atoms with Crippen LogP contribution in [0.1, 0.15) is 18.4 Å². The van der Waals surface area contributed by atoms with E-state index in [4.69, 9.17) is 4.74 Å². The molecule has 0 radical (unpaired) electrons. The Morgan fingerprint density at radius 1 is 1.25 bits per heavy atom. The van der Waals surface area contributed by atoms with Crippen molar-refractivity contribution in [1.82, 2.24) is 14.5 Å². The zero-order valence-electron chi connectivity index (χ0n) is 15.5. The number of hydrogen-bond acceptors (Lipinski definition) is 6. The van der Waals surface area contributed by atoms with E-state index in [9.17, 15) is 4.79 Å². The molecule has 28 heavy (non-hydrogen) atoms. The Kier molecular flexibility index (Phi) is 4.33. The van der Waals surface area contributed by atoms with Crippen LogP contribution < -0.4 is 10.9 Å². The van der Waals surface area contributed by atoms with Crippen molar-refractivity contribution in [2.45, 2.75) is 25.9 Å². The quantitative estimate of drug-likeness (QED) is 0.571. The molecule has 0 amide bonds. The van der Waals surface area contributed by atoms with Gasteiger partial charge in [-0.15, -0.1) is 11.3 Å². The average Bonchev–Trinajstić information content (AvgIpc) is 3.36. The Labute approximate surface area is 165 Å². The zero-order chi connectivity index (χ0) is 19.1. The van der Waals surface area contributed by atoms with Crippen LogP contribution in [0.5, 0.6) is 0 Å². The highest BCUT2D eigenvalue weighted by Crippen LogP contribution is 2.34. The highest BCUT2D eigenvalue weighted by Gasteiger charge is 2.18. The lowest BCUT2D eigenvalue weighted by Gasteiger charge is -2.12. The maximum atomic E-state index is 13.1. The van der Waals surface area contributed by atoms with Crippen molar-refractivity contribution in [2.24, 2.45) is 0 Å². The van der Waals surface area contributed by atoms with Crippen LogP contribution >= 0.6 is 11.3 Å². The van der Waals surface area contributed by atoms with E-state index in [1.807, 2.05) is 37.3 Å². The Morgan fingerprint density at radius 2 is 2.11 bits per heavy atom. The predicted molar refractivity (Wildman–Crippen MR) is 113 cm³/mol. The molecule has 1 atom stereocenters. The molecule has 3 aromatic heterocycles. The molecule has 1 unspecified atom stereocenters. The van der Waals surface area contributed by atoms with E-state index in [1.165, 1.54) is 11.3 Å². The highest BCUT2D eigenvalue weighted by molar-refractivity contribution is 7.25. The van der Waals surface area contributed by atoms with Crippen LogP contribution in [0.3, 0.4) is 0 Å². The van der Waals surface area contributed by atoms with Crippen molar-refractivity contribution < 1.29 is 4.74 Å². The molecule has 5 rings (SSSR count). The summed E-state index contributed by atoms with van der Waals surface area (Å²) < 4.78 is 7.92. The summed E-state index contributed by atoms with van der Waals surface area (Å²) in [5.74, 6) is 0. The lowest BCUT2D eigenvalue weighted by atomic mass is 10.2. The third-order valence-electron chi connectivity index (χ3n) is 5.14. The Bertz CT molecular complexity index is 1210. The SMILES string of the molecule is Cc1ccc(-n2cnc3c(sc4nccc(NCC5CCCO5)c43)c2=O)cc1. The Morgan fingerprint density at radius 3 is 2.89 bits per heavy atom. The molecule has 0 spiro atoms. The van der Waals surface area contributed by atoms with Crippen LogP contribution in [0.4, 0.5) is 5.69 Å². The third-order valence-corrected chi connectivity index (χ3v) is 6.21. The molecule has 1 N–H and O–H groups in total. The molecule has 1 fully saturated rings. The lowest BCUT2D eigenvalue weighted by Crippen LogP contribution is -2.19. The fourth-order valence-electron chi connectivity index (χ4n) is 3.62. The summed E-state index contributed by atoms with van der Waals surface area (Å²) in [5, 5.41) is 4.38. The first-order valence-corrected chi connectivity index (χ1v) is 10.2. The van der Waals surface area contributed by atoms with Crippen molar-refractivity contribution in [2.75, 3.05) is 18.5 Å². The van der Waals surface area contributed by atoms with Crippen molar-refractivity contribution in [3.63, 3.8) is 0 Å². The fourth-order valence-corrected chi connectivity index (χ4v) is 4.67. The minimum atomic E-state index is -0.0677. The van der Waals surface area contributed by atoms with Gasteiger partial charge in [0.2, 0.25) is 0 Å². The maximum absolute atomic E-state index is 13.1. The number of benzene rings is 1. The summed E-state index contributed by atoms with van der Waals surface area (Å²) in [7, 11) is 0. The number of hydrogen-bond donors (Lipinski definition) is 1. The van der Waals surface area contributed by atoms with Gasteiger partial charge in [-0.2, -0.15) is 0 Å². The molecule has 1 aliphatic rings. The van der Waals surface area contributed by atoms with Crippen LogP contribution in [-0.2, 0) is 4.74 Å². The summed E-state index contributed by atoms with van der Waals surface area (Å²) in [6.07, 6.45) is 5.80. The van der Waals surface area contributed by atoms with Gasteiger partial charge >= 0.3 is 0 Å². The zero-order valence-corrected chi connectivity index (χ0v) is 16.3. The first-order valence-electron chi connectivity index (χ1n) is 9.42. The summed E-state index contributed by atoms with van der Waals surface area (Å²) in [4.78, 5) is 23.0. The monoisotopic (exact) mass is 392 g/mol. The van der Waals surface area contributed by atoms with E-state index in [2.05, 4.69) is 15.3 Å². The molecular formula is C21H20N4O2S. The second kappa shape index (κ2) is 7.00. The number of aryl methyl sites for hydroxylation is 1. The van der Waals surface area contributed by atoms with Gasteiger partial charge in [-0.05, 0) is 38.0 Å². The van der Waals surface area contributed by atoms with E-state index in [-0.39, 0.29) is 11.7 Å². The van der Waals surface area contributed by atoms with Crippen LogP contribution in [0.2, 0.25) is 0 Å². The van der Waals surface area contributed by atoms with Crippen LogP contribution in [0.15, 0.2) is 47.7 Å². The largest absolute Gasteiger partial charge is 0.382 e. The standard InChI is InChI=1S/C21H20N4O2S/c1-13-4-6-14(7-5-13)25-12-24-18-17-16(23-11-15-3-2-10-27-15)8-9-22-20(17)28-19(18)21(25)26/h4-9,12,15H,2-3,10-11H2,1H3,(H,22,23). The number of fused-ring (bicyclic) bond motifs is 3. The van der Waals surface area contributed by atoms with Crippen molar-refractivity contribution in [3.05, 3.63) is 58.8 Å². The van der Waals surface area contributed by atoms with E-state index in [1.54, 1.807) is 17.1 Å². The van der Waals surface area contributed by atoms with Crippen molar-refractivity contribution >= 4 is 37.5 Å². The molecule has 0 saturated carbocycles. The van der Waals surface area contributed by atoms with Crippen LogP contribution in [-0.4, -0.2) is 33.8 Å². The molecule has 1 saturated heterocycles. The van der Waals surface area contributed by atoms with Gasteiger partial charge in [0.05, 0.1) is 22.7 Å². The fraction of sp³-hybridized carbons (Fsp3) is 0.286. The molecular weight excluding hydrogens is 372 g/mol. The molecule has 6 nitrogen and oxygen atoms in total. The summed E-state index contributed by atoms with van der Waals surface area (Å²) in [6, 6.07) is 9.79. The molecule has 1 aromatic carbocycles. The minimum absolute atomic E-state index is 0.0677. The molecule has 4 heterocycles. The van der Waals surface area contributed by atoms with Gasteiger partial charge < -0.3 is 10.1 Å². The number of pyridine rings is 1. The number of aromatic nitrogens is 3. The maximum Gasteiger partial charge on any atom is 0.275 e. The number of anilines is 1. The van der Waals surface area contributed by atoms with E-state index in [0.717, 1.165) is 53.1 Å². The van der Waals surface area contributed by atoms with Gasteiger partial charge in [0.15, 0.2) is 0 Å². The summed E-state index contributed by atoms with van der Waals surface area (Å²) >= 11 is 1.39. The Hall–Kier alpha value is -2.77. The summed E-state index contributed by atoms with van der Waals surface area (Å²) in [6.45, 7) is 3.60. The van der Waals surface area contributed by atoms with Crippen LogP contribution in [0.25, 0.3) is 26.1 Å². The molecule has 0 bridgehead atoms. The smallest absolute Gasteiger partial charge is 0.275 e. The molecule has 0 aliphatic carbocycles. The molecule has 1 aliphatic heterocycles. The normalized spacial score (nSPS) is 16.8. The van der Waals surface area contributed by atoms with Gasteiger partial charge in [-0.3, -0.25) is 9.36 Å². The average molecular weight is 392 g/mol. The molecule has 142 valence electrons. The Balaban J connectivity index is 1.60. The van der Waals surface area contributed by atoms with E-state index in [0.29, 0.717) is 10.2 Å². The third kappa shape index (κ3) is 2.96. The van der Waals surface area contributed by atoms with Gasteiger partial charge in [-0.25, -0.2) is 9.97 Å². The van der Waals surface area contributed by atoms with Gasteiger partial charge in [0.1, 0.15) is 15.9 Å². The number of thiophene rings is 1. The second-order valence-corrected chi connectivity index (χ2v) is 8.09. The number of nitrogens with one attached hydrogen (secondary N) is 1. The topological polar surface area (TPSA) is 69.0 Å². The second-order valence-electron chi connectivity index (χ2n) is 7.09. The summed E-state index contributed by atoms with van der Waals surface area (Å²) in [5.41, 5.74) is 3.55. The van der Waals surface area contributed by atoms with Crippen LogP contribution in [0, 0.1) is 6.92 Å². The predicted octanol–water partition coefficient (Wildman–Crippen LogP) is 3.89. The molecule has 7 heteroatoms. The number of nitrogens with zero attached hydrogens (tertiary/aromatic N) is 3. The van der Waals surface area contributed by atoms with E-state index >= 15 is 0 Å². The first kappa shape index (κ1) is 17.3. The minimum Gasteiger partial charge on any atom is -0.382 e. The van der Waals surface area contributed by atoms with Gasteiger partial charge in [0.25, 0.3) is 5.56 Å². The van der Waals surface area contributed by atoms with Crippen molar-refractivity contribution in [3.8, 4) is 5.69 Å². The number of ether oxygens (including phenoxy) is 1. The lowest BCUT2D eigenvalue weighted by molar-refractivity contribution is 0.120. The van der Waals surface area contributed by atoms with Gasteiger partial charge in [-0.1, -0.05) is 17.7 Å². The first-order chi connectivity index (χ1) is 13.7.